The topological polar surface area (TPSA) is 66.0 Å². The van der Waals surface area contributed by atoms with Gasteiger partial charge in [0.2, 0.25) is 0 Å². The summed E-state index contributed by atoms with van der Waals surface area (Å²) >= 11 is 0. The molecule has 7 heteroatoms. The van der Waals surface area contributed by atoms with Crippen molar-refractivity contribution in [2.24, 2.45) is 4.99 Å². The summed E-state index contributed by atoms with van der Waals surface area (Å²) in [5.74, 6) is 0.582. The van der Waals surface area contributed by atoms with Gasteiger partial charge in [-0.3, -0.25) is 4.99 Å². The van der Waals surface area contributed by atoms with Gasteiger partial charge in [0.25, 0.3) is 0 Å². The summed E-state index contributed by atoms with van der Waals surface area (Å²) in [6.45, 7) is 7.76. The maximum Gasteiger partial charge on any atom is 0.407 e. The zero-order valence-electron chi connectivity index (χ0n) is 16.0. The molecule has 2 rings (SSSR count). The second-order valence-electron chi connectivity index (χ2n) is 7.43. The Balaban J connectivity index is 1.76. The van der Waals surface area contributed by atoms with Crippen LogP contribution in [0.3, 0.4) is 0 Å². The van der Waals surface area contributed by atoms with Gasteiger partial charge in [-0.15, -0.1) is 0 Å². The van der Waals surface area contributed by atoms with Crippen molar-refractivity contribution in [3.63, 3.8) is 0 Å². The number of carbonyl (C=O) groups is 1. The van der Waals surface area contributed by atoms with Crippen molar-refractivity contribution in [1.29, 1.82) is 0 Å². The average molecular weight is 364 g/mol. The third-order valence-corrected chi connectivity index (χ3v) is 4.03. The minimum atomic E-state index is -0.500. The predicted molar refractivity (Wildman–Crippen MR) is 101 cm³/mol. The molecule has 0 radical (unpaired) electrons. The van der Waals surface area contributed by atoms with Gasteiger partial charge in [0.1, 0.15) is 11.4 Å². The number of hydrogen-bond donors (Lipinski definition) is 2. The Bertz CT molecular complexity index is 625. The van der Waals surface area contributed by atoms with Crippen LogP contribution in [0.1, 0.15) is 32.8 Å². The number of nitrogens with zero attached hydrogens (tertiary/aromatic N) is 2. The Hall–Kier alpha value is -2.31. The minimum absolute atomic E-state index is 0.0421. The van der Waals surface area contributed by atoms with E-state index in [0.29, 0.717) is 13.1 Å². The molecule has 6 nitrogen and oxygen atoms in total. The first kappa shape index (κ1) is 20.0. The quantitative estimate of drug-likeness (QED) is 0.637. The molecule has 0 aliphatic carbocycles. The van der Waals surface area contributed by atoms with Crippen LogP contribution in [0.15, 0.2) is 29.3 Å². The van der Waals surface area contributed by atoms with Crippen LogP contribution in [0.25, 0.3) is 0 Å². The van der Waals surface area contributed by atoms with Crippen molar-refractivity contribution < 1.29 is 13.9 Å². The first-order valence-corrected chi connectivity index (χ1v) is 8.96. The summed E-state index contributed by atoms with van der Waals surface area (Å²) in [5, 5.41) is 6.24. The van der Waals surface area contributed by atoms with Crippen molar-refractivity contribution >= 4 is 12.1 Å². The van der Waals surface area contributed by atoms with Crippen LogP contribution in [0.4, 0.5) is 9.18 Å². The number of guanidine groups is 1. The van der Waals surface area contributed by atoms with Gasteiger partial charge in [-0.25, -0.2) is 9.18 Å². The van der Waals surface area contributed by atoms with E-state index in [1.807, 2.05) is 20.8 Å². The highest BCUT2D eigenvalue weighted by atomic mass is 19.1. The predicted octanol–water partition coefficient (Wildman–Crippen LogP) is 2.54. The van der Waals surface area contributed by atoms with Crippen molar-refractivity contribution in [1.82, 2.24) is 15.5 Å². The lowest BCUT2D eigenvalue weighted by molar-refractivity contribution is 0.0507. The van der Waals surface area contributed by atoms with E-state index in [9.17, 15) is 9.18 Å². The second-order valence-corrected chi connectivity index (χ2v) is 7.43. The number of likely N-dealkylation sites (tertiary alicyclic amines) is 1. The zero-order valence-corrected chi connectivity index (χ0v) is 16.0. The first-order valence-electron chi connectivity index (χ1n) is 8.96. The molecule has 1 fully saturated rings. The smallest absolute Gasteiger partial charge is 0.407 e. The SMILES string of the molecule is CN=C(NCCc1ccc(F)cc1)N1CCC(NC(=O)OC(C)(C)C)C1. The third-order valence-electron chi connectivity index (χ3n) is 4.03. The van der Waals surface area contributed by atoms with Crippen molar-refractivity contribution in [3.8, 4) is 0 Å². The fourth-order valence-corrected chi connectivity index (χ4v) is 2.85. The fraction of sp³-hybridized carbons (Fsp3) is 0.579. The fourth-order valence-electron chi connectivity index (χ4n) is 2.85. The summed E-state index contributed by atoms with van der Waals surface area (Å²) in [4.78, 5) is 18.3. The molecule has 1 aromatic rings. The van der Waals surface area contributed by atoms with Crippen LogP contribution in [-0.4, -0.2) is 55.3 Å². The average Bonchev–Trinajstić information content (AvgIpc) is 2.99. The lowest BCUT2D eigenvalue weighted by atomic mass is 10.1. The van der Waals surface area contributed by atoms with Crippen LogP contribution < -0.4 is 10.6 Å². The van der Waals surface area contributed by atoms with E-state index >= 15 is 0 Å². The zero-order chi connectivity index (χ0) is 19.2. The Morgan fingerprint density at radius 2 is 2.04 bits per heavy atom. The molecule has 2 N–H and O–H groups in total. The number of nitrogens with one attached hydrogen (secondary N) is 2. The van der Waals surface area contributed by atoms with Crippen molar-refractivity contribution in [3.05, 3.63) is 35.6 Å². The van der Waals surface area contributed by atoms with Crippen LogP contribution in [0.5, 0.6) is 0 Å². The summed E-state index contributed by atoms with van der Waals surface area (Å²) < 4.78 is 18.2. The molecule has 0 saturated carbocycles. The number of ether oxygens (including phenoxy) is 1. The number of halogens is 1. The molecule has 1 heterocycles. The molecule has 0 bridgehead atoms. The summed E-state index contributed by atoms with van der Waals surface area (Å²) in [6, 6.07) is 6.56. The molecular formula is C19H29FN4O2. The van der Waals surface area contributed by atoms with E-state index in [1.54, 1.807) is 19.2 Å². The molecule has 1 aromatic carbocycles. The molecule has 26 heavy (non-hydrogen) atoms. The van der Waals surface area contributed by atoms with Crippen LogP contribution in [0, 0.1) is 5.82 Å². The summed E-state index contributed by atoms with van der Waals surface area (Å²) in [5.41, 5.74) is 0.570. The lowest BCUT2D eigenvalue weighted by Crippen LogP contribution is -2.44. The normalized spacial score (nSPS) is 18.0. The molecule has 1 saturated heterocycles. The number of rotatable bonds is 4. The standard InChI is InChI=1S/C19H29FN4O2/c1-19(2,3)26-18(25)23-16-10-12-24(13-16)17(21-4)22-11-9-14-5-7-15(20)8-6-14/h5-8,16H,9-13H2,1-4H3,(H,21,22)(H,23,25). The van der Waals surface area contributed by atoms with Gasteiger partial charge in [0.15, 0.2) is 5.96 Å². The molecule has 1 aliphatic heterocycles. The van der Waals surface area contributed by atoms with E-state index in [0.717, 1.165) is 30.9 Å². The van der Waals surface area contributed by atoms with Gasteiger partial charge < -0.3 is 20.3 Å². The molecule has 144 valence electrons. The molecule has 0 spiro atoms. The number of hydrogen-bond acceptors (Lipinski definition) is 3. The molecular weight excluding hydrogens is 335 g/mol. The monoisotopic (exact) mass is 364 g/mol. The van der Waals surface area contributed by atoms with E-state index < -0.39 is 5.60 Å². The van der Waals surface area contributed by atoms with Crippen molar-refractivity contribution in [2.45, 2.75) is 45.3 Å². The Labute approximate surface area is 154 Å². The molecule has 1 amide bonds. The van der Waals surface area contributed by atoms with Gasteiger partial charge >= 0.3 is 6.09 Å². The number of amides is 1. The van der Waals surface area contributed by atoms with E-state index in [-0.39, 0.29) is 18.0 Å². The number of aliphatic imine (C=N–C) groups is 1. The number of alkyl carbamates (subject to hydrolysis) is 1. The highest BCUT2D eigenvalue weighted by Crippen LogP contribution is 2.12. The second kappa shape index (κ2) is 8.87. The molecule has 1 atom stereocenters. The number of benzene rings is 1. The van der Waals surface area contributed by atoms with E-state index in [2.05, 4.69) is 20.5 Å². The Morgan fingerprint density at radius 3 is 2.65 bits per heavy atom. The van der Waals surface area contributed by atoms with Gasteiger partial charge in [0.05, 0.1) is 6.04 Å². The minimum Gasteiger partial charge on any atom is -0.444 e. The largest absolute Gasteiger partial charge is 0.444 e. The maximum absolute atomic E-state index is 12.9. The van der Waals surface area contributed by atoms with E-state index in [1.165, 1.54) is 12.1 Å². The van der Waals surface area contributed by atoms with Crippen LogP contribution in [-0.2, 0) is 11.2 Å². The first-order chi connectivity index (χ1) is 12.3. The van der Waals surface area contributed by atoms with Gasteiger partial charge in [0, 0.05) is 26.7 Å². The van der Waals surface area contributed by atoms with Crippen LogP contribution in [0.2, 0.25) is 0 Å². The Morgan fingerprint density at radius 1 is 1.35 bits per heavy atom. The summed E-state index contributed by atoms with van der Waals surface area (Å²) in [6.07, 6.45) is 1.24. The molecule has 0 aromatic heterocycles. The number of carbonyl (C=O) groups excluding carboxylic acids is 1. The molecule has 1 unspecified atom stereocenters. The Kier molecular flexibility index (Phi) is 6.83. The van der Waals surface area contributed by atoms with Gasteiger partial charge in [-0.1, -0.05) is 12.1 Å². The highest BCUT2D eigenvalue weighted by Gasteiger charge is 2.27. The third kappa shape index (κ3) is 6.54. The van der Waals surface area contributed by atoms with Gasteiger partial charge in [-0.2, -0.15) is 0 Å². The van der Waals surface area contributed by atoms with Crippen LogP contribution >= 0.6 is 0 Å². The maximum atomic E-state index is 12.9. The van der Waals surface area contributed by atoms with Gasteiger partial charge in [-0.05, 0) is 51.3 Å². The molecule has 1 aliphatic rings. The van der Waals surface area contributed by atoms with E-state index in [4.69, 9.17) is 4.74 Å². The van der Waals surface area contributed by atoms with Crippen molar-refractivity contribution in [2.75, 3.05) is 26.7 Å². The summed E-state index contributed by atoms with van der Waals surface area (Å²) in [7, 11) is 1.74. The highest BCUT2D eigenvalue weighted by molar-refractivity contribution is 5.80. The lowest BCUT2D eigenvalue weighted by Gasteiger charge is -2.23.